The molecule has 1 N–H and O–H groups in total. The quantitative estimate of drug-likeness (QED) is 0.652. The second kappa shape index (κ2) is 10.6. The highest BCUT2D eigenvalue weighted by Crippen LogP contribution is 2.34. The van der Waals surface area contributed by atoms with E-state index in [1.807, 2.05) is 43.0 Å². The molecule has 8 heteroatoms. The molecule has 2 aromatic rings. The molecule has 4 rings (SSSR count). The van der Waals surface area contributed by atoms with E-state index < -0.39 is 10.0 Å². The van der Waals surface area contributed by atoms with E-state index in [0.29, 0.717) is 50.8 Å². The Labute approximate surface area is 203 Å². The largest absolute Gasteiger partial charge is 0.381 e. The van der Waals surface area contributed by atoms with Crippen molar-refractivity contribution in [3.8, 4) is 0 Å². The summed E-state index contributed by atoms with van der Waals surface area (Å²) in [7, 11) is -3.52. The Bertz CT molecular complexity index is 1090. The summed E-state index contributed by atoms with van der Waals surface area (Å²) < 4.78 is 33.2. The summed E-state index contributed by atoms with van der Waals surface area (Å²) in [6.07, 6.45) is 1.76. The Hall–Kier alpha value is -2.26. The second-order valence-corrected chi connectivity index (χ2v) is 11.4. The number of hydrogen-bond donors (Lipinski definition) is 1. The number of hydrogen-bond acceptors (Lipinski definition) is 5. The van der Waals surface area contributed by atoms with E-state index >= 15 is 0 Å². The van der Waals surface area contributed by atoms with Crippen LogP contribution in [0.5, 0.6) is 0 Å². The molecule has 0 spiro atoms. The maximum absolute atomic E-state index is 13.0. The SMILES string of the molecule is Cc1ccc(S(=O)(=O)N2CCN(CC(=O)NCC3(c4ccccc4)CCOCC3)CC2)cc1C. The molecule has 1 amide bonds. The molecule has 2 heterocycles. The Morgan fingerprint density at radius 3 is 2.29 bits per heavy atom. The highest BCUT2D eigenvalue weighted by molar-refractivity contribution is 7.89. The van der Waals surface area contributed by atoms with Crippen molar-refractivity contribution in [1.29, 1.82) is 0 Å². The van der Waals surface area contributed by atoms with Gasteiger partial charge in [-0.05, 0) is 55.5 Å². The summed E-state index contributed by atoms with van der Waals surface area (Å²) >= 11 is 0. The van der Waals surface area contributed by atoms with Crippen LogP contribution in [0.3, 0.4) is 0 Å². The molecule has 34 heavy (non-hydrogen) atoms. The van der Waals surface area contributed by atoms with Crippen LogP contribution in [0.2, 0.25) is 0 Å². The lowest BCUT2D eigenvalue weighted by Crippen LogP contribution is -2.52. The summed E-state index contributed by atoms with van der Waals surface area (Å²) in [5, 5.41) is 3.15. The van der Waals surface area contributed by atoms with Crippen LogP contribution < -0.4 is 5.32 Å². The van der Waals surface area contributed by atoms with Crippen LogP contribution in [0.25, 0.3) is 0 Å². The minimum Gasteiger partial charge on any atom is -0.381 e. The third-order valence-corrected chi connectivity index (χ3v) is 9.17. The minimum atomic E-state index is -3.52. The van der Waals surface area contributed by atoms with Crippen molar-refractivity contribution in [2.24, 2.45) is 0 Å². The molecular formula is C26H35N3O4S. The van der Waals surface area contributed by atoms with Crippen LogP contribution in [0.1, 0.15) is 29.5 Å². The first-order valence-corrected chi connectivity index (χ1v) is 13.4. The van der Waals surface area contributed by atoms with Crippen LogP contribution in [0.15, 0.2) is 53.4 Å². The third kappa shape index (κ3) is 5.51. The van der Waals surface area contributed by atoms with E-state index in [9.17, 15) is 13.2 Å². The van der Waals surface area contributed by atoms with Crippen molar-refractivity contribution in [3.05, 3.63) is 65.2 Å². The molecule has 7 nitrogen and oxygen atoms in total. The van der Waals surface area contributed by atoms with Gasteiger partial charge in [-0.2, -0.15) is 4.31 Å². The number of aryl methyl sites for hydroxylation is 2. The Balaban J connectivity index is 1.31. The summed E-state index contributed by atoms with van der Waals surface area (Å²) in [6.45, 7) is 7.99. The van der Waals surface area contributed by atoms with Crippen molar-refractivity contribution in [1.82, 2.24) is 14.5 Å². The molecular weight excluding hydrogens is 450 g/mol. The molecule has 2 aliphatic heterocycles. The third-order valence-electron chi connectivity index (χ3n) is 7.27. The highest BCUT2D eigenvalue weighted by atomic mass is 32.2. The first-order valence-electron chi connectivity index (χ1n) is 12.0. The van der Waals surface area contributed by atoms with Crippen molar-refractivity contribution < 1.29 is 17.9 Å². The first kappa shape index (κ1) is 24.9. The predicted octanol–water partition coefficient (Wildman–Crippen LogP) is 2.47. The topological polar surface area (TPSA) is 79.0 Å². The molecule has 0 atom stereocenters. The van der Waals surface area contributed by atoms with Crippen molar-refractivity contribution in [3.63, 3.8) is 0 Å². The van der Waals surface area contributed by atoms with E-state index in [1.165, 1.54) is 9.87 Å². The van der Waals surface area contributed by atoms with Gasteiger partial charge >= 0.3 is 0 Å². The zero-order chi connectivity index (χ0) is 24.2. The average molecular weight is 486 g/mol. The minimum absolute atomic E-state index is 0.0211. The number of carbonyl (C=O) groups is 1. The van der Waals surface area contributed by atoms with Gasteiger partial charge in [0, 0.05) is 51.4 Å². The van der Waals surface area contributed by atoms with Crippen molar-refractivity contribution in [2.75, 3.05) is 52.5 Å². The van der Waals surface area contributed by atoms with Crippen LogP contribution >= 0.6 is 0 Å². The van der Waals surface area contributed by atoms with Crippen molar-refractivity contribution >= 4 is 15.9 Å². The number of benzene rings is 2. The zero-order valence-electron chi connectivity index (χ0n) is 20.1. The van der Waals surface area contributed by atoms with Gasteiger partial charge in [0.05, 0.1) is 11.4 Å². The number of carbonyl (C=O) groups excluding carboxylic acids is 1. The normalized spacial score (nSPS) is 19.6. The summed E-state index contributed by atoms with van der Waals surface area (Å²) in [6, 6.07) is 15.6. The van der Waals surface area contributed by atoms with Crippen LogP contribution in [0.4, 0.5) is 0 Å². The lowest BCUT2D eigenvalue weighted by Gasteiger charge is -2.38. The van der Waals surface area contributed by atoms with Gasteiger partial charge in [-0.1, -0.05) is 36.4 Å². The predicted molar refractivity (Wildman–Crippen MR) is 132 cm³/mol. The number of ether oxygens (including phenoxy) is 1. The van der Waals surface area contributed by atoms with Gasteiger partial charge in [0.15, 0.2) is 0 Å². The summed E-state index contributed by atoms with van der Waals surface area (Å²) in [4.78, 5) is 15.1. The molecule has 0 bridgehead atoms. The standard InChI is InChI=1S/C26H35N3O4S/c1-21-8-9-24(18-22(21)2)34(31,32)29-14-12-28(13-15-29)19-25(30)27-20-26(10-16-33-17-11-26)23-6-4-3-5-7-23/h3-9,18H,10-17,19-20H2,1-2H3,(H,27,30). The van der Waals surface area contributed by atoms with E-state index in [0.717, 1.165) is 24.0 Å². The van der Waals surface area contributed by atoms with E-state index in [1.54, 1.807) is 12.1 Å². The number of amides is 1. The Morgan fingerprint density at radius 2 is 1.65 bits per heavy atom. The van der Waals surface area contributed by atoms with Crippen LogP contribution in [0, 0.1) is 13.8 Å². The fourth-order valence-electron chi connectivity index (χ4n) is 4.80. The number of rotatable bonds is 7. The molecule has 2 saturated heterocycles. The van der Waals surface area contributed by atoms with Crippen LogP contribution in [-0.2, 0) is 25.0 Å². The first-order chi connectivity index (χ1) is 16.3. The number of piperazine rings is 1. The molecule has 2 aliphatic rings. The van der Waals surface area contributed by atoms with Crippen molar-refractivity contribution in [2.45, 2.75) is 37.0 Å². The summed E-state index contributed by atoms with van der Waals surface area (Å²) in [5.74, 6) is -0.0211. The number of nitrogens with one attached hydrogen (secondary N) is 1. The van der Waals surface area contributed by atoms with E-state index in [4.69, 9.17) is 4.74 Å². The van der Waals surface area contributed by atoms with Gasteiger partial charge in [0.25, 0.3) is 0 Å². The lowest BCUT2D eigenvalue weighted by atomic mass is 9.74. The molecule has 2 aromatic carbocycles. The number of sulfonamides is 1. The van der Waals surface area contributed by atoms with Gasteiger partial charge in [-0.3, -0.25) is 9.69 Å². The molecule has 0 saturated carbocycles. The zero-order valence-corrected chi connectivity index (χ0v) is 20.9. The smallest absolute Gasteiger partial charge is 0.243 e. The molecule has 0 unspecified atom stereocenters. The number of nitrogens with zero attached hydrogens (tertiary/aromatic N) is 2. The molecule has 184 valence electrons. The lowest BCUT2D eigenvalue weighted by molar-refractivity contribution is -0.123. The van der Waals surface area contributed by atoms with Gasteiger partial charge in [-0.15, -0.1) is 0 Å². The van der Waals surface area contributed by atoms with Gasteiger partial charge in [-0.25, -0.2) is 8.42 Å². The van der Waals surface area contributed by atoms with Crippen LogP contribution in [-0.4, -0.2) is 76.0 Å². The Morgan fingerprint density at radius 1 is 0.971 bits per heavy atom. The summed E-state index contributed by atoms with van der Waals surface area (Å²) in [5.41, 5.74) is 3.18. The monoisotopic (exact) mass is 485 g/mol. The van der Waals surface area contributed by atoms with E-state index in [-0.39, 0.29) is 17.9 Å². The fraction of sp³-hybridized carbons (Fsp3) is 0.500. The van der Waals surface area contributed by atoms with Gasteiger partial charge in [0.1, 0.15) is 0 Å². The molecule has 0 aliphatic carbocycles. The average Bonchev–Trinajstić information content (AvgIpc) is 2.86. The van der Waals surface area contributed by atoms with Gasteiger partial charge in [0.2, 0.25) is 15.9 Å². The molecule has 0 radical (unpaired) electrons. The molecule has 0 aromatic heterocycles. The second-order valence-electron chi connectivity index (χ2n) is 9.46. The fourth-order valence-corrected chi connectivity index (χ4v) is 6.31. The molecule has 2 fully saturated rings. The maximum Gasteiger partial charge on any atom is 0.243 e. The Kier molecular flexibility index (Phi) is 7.72. The maximum atomic E-state index is 13.0. The van der Waals surface area contributed by atoms with Gasteiger partial charge < -0.3 is 10.1 Å². The van der Waals surface area contributed by atoms with E-state index in [2.05, 4.69) is 17.4 Å². The highest BCUT2D eigenvalue weighted by Gasteiger charge is 2.35.